The van der Waals surface area contributed by atoms with E-state index in [0.29, 0.717) is 13.1 Å². The molecule has 0 saturated carbocycles. The summed E-state index contributed by atoms with van der Waals surface area (Å²) < 4.78 is 27.9. The molecule has 6 nitrogen and oxygen atoms in total. The van der Waals surface area contributed by atoms with Crippen LogP contribution in [0.4, 0.5) is 11.4 Å². The van der Waals surface area contributed by atoms with Gasteiger partial charge < -0.3 is 5.73 Å². The highest BCUT2D eigenvalue weighted by Crippen LogP contribution is 2.23. The predicted octanol–water partition coefficient (Wildman–Crippen LogP) is 0.893. The Kier molecular flexibility index (Phi) is 3.41. The molecule has 1 aliphatic rings. The fraction of sp³-hybridized carbons (Fsp3) is 0.364. The van der Waals surface area contributed by atoms with Gasteiger partial charge in [0.25, 0.3) is 0 Å². The minimum absolute atomic E-state index is 0.153. The second-order valence-corrected chi connectivity index (χ2v) is 5.77. The van der Waals surface area contributed by atoms with Gasteiger partial charge in [0.05, 0.1) is 16.9 Å². The molecule has 1 aliphatic heterocycles. The van der Waals surface area contributed by atoms with Gasteiger partial charge >= 0.3 is 10.2 Å². The summed E-state index contributed by atoms with van der Waals surface area (Å²) in [7, 11) is -3.59. The zero-order valence-corrected chi connectivity index (χ0v) is 10.6. The number of benzene rings is 1. The van der Waals surface area contributed by atoms with Gasteiger partial charge in [0.1, 0.15) is 6.07 Å². The van der Waals surface area contributed by atoms with Crippen LogP contribution in [0.1, 0.15) is 18.4 Å². The number of nitrogens with zero attached hydrogens (tertiary/aromatic N) is 2. The molecule has 0 amide bonds. The van der Waals surface area contributed by atoms with Gasteiger partial charge in [-0.05, 0) is 25.0 Å². The topological polar surface area (TPSA) is 99.2 Å². The van der Waals surface area contributed by atoms with Crippen molar-refractivity contribution < 1.29 is 8.42 Å². The van der Waals surface area contributed by atoms with Crippen LogP contribution in [0.2, 0.25) is 0 Å². The van der Waals surface area contributed by atoms with Crippen LogP contribution < -0.4 is 10.5 Å². The quantitative estimate of drug-likeness (QED) is 0.794. The summed E-state index contributed by atoms with van der Waals surface area (Å²) in [6, 6.07) is 6.61. The molecule has 0 spiro atoms. The Hall–Kier alpha value is -1.78. The number of nitrogens with one attached hydrogen (secondary N) is 1. The van der Waals surface area contributed by atoms with E-state index < -0.39 is 10.2 Å². The maximum absolute atomic E-state index is 12.0. The van der Waals surface area contributed by atoms with Crippen molar-refractivity contribution in [3.63, 3.8) is 0 Å². The molecule has 2 rings (SSSR count). The minimum atomic E-state index is -3.59. The molecule has 0 atom stereocenters. The van der Waals surface area contributed by atoms with Crippen LogP contribution in [-0.4, -0.2) is 25.8 Å². The lowest BCUT2D eigenvalue weighted by atomic mass is 10.1. The van der Waals surface area contributed by atoms with Gasteiger partial charge in [-0.3, -0.25) is 4.72 Å². The van der Waals surface area contributed by atoms with E-state index in [0.717, 1.165) is 12.8 Å². The van der Waals surface area contributed by atoms with Crippen molar-refractivity contribution in [2.75, 3.05) is 23.5 Å². The predicted molar refractivity (Wildman–Crippen MR) is 68.9 cm³/mol. The largest absolute Gasteiger partial charge is 0.398 e. The van der Waals surface area contributed by atoms with Crippen LogP contribution in [0.3, 0.4) is 0 Å². The third-order valence-electron chi connectivity index (χ3n) is 2.85. The molecular formula is C11H14N4O2S. The second kappa shape index (κ2) is 4.84. The molecule has 0 radical (unpaired) electrons. The van der Waals surface area contributed by atoms with E-state index in [1.807, 2.05) is 6.07 Å². The molecule has 96 valence electrons. The first-order valence-electron chi connectivity index (χ1n) is 5.61. The zero-order valence-electron chi connectivity index (χ0n) is 9.76. The van der Waals surface area contributed by atoms with E-state index in [-0.39, 0.29) is 16.9 Å². The highest BCUT2D eigenvalue weighted by Gasteiger charge is 2.26. The number of anilines is 2. The maximum atomic E-state index is 12.0. The third-order valence-corrected chi connectivity index (χ3v) is 4.38. The highest BCUT2D eigenvalue weighted by molar-refractivity contribution is 7.90. The summed E-state index contributed by atoms with van der Waals surface area (Å²) in [6.45, 7) is 1.03. The van der Waals surface area contributed by atoms with Crippen molar-refractivity contribution in [2.45, 2.75) is 12.8 Å². The third kappa shape index (κ3) is 2.39. The summed E-state index contributed by atoms with van der Waals surface area (Å²) in [5.41, 5.74) is 6.28. The average molecular weight is 266 g/mol. The molecule has 0 aliphatic carbocycles. The number of rotatable bonds is 3. The van der Waals surface area contributed by atoms with Gasteiger partial charge in [0.2, 0.25) is 0 Å². The van der Waals surface area contributed by atoms with Crippen LogP contribution in [0.25, 0.3) is 0 Å². The first-order chi connectivity index (χ1) is 8.54. The molecule has 3 N–H and O–H groups in total. The lowest BCUT2D eigenvalue weighted by Crippen LogP contribution is -2.33. The SMILES string of the molecule is N#Cc1c(N)cccc1NS(=O)(=O)N1CCCC1. The number of hydrogen-bond acceptors (Lipinski definition) is 4. The van der Waals surface area contributed by atoms with Crippen LogP contribution >= 0.6 is 0 Å². The zero-order chi connectivity index (χ0) is 13.2. The molecule has 0 unspecified atom stereocenters. The maximum Gasteiger partial charge on any atom is 0.301 e. The number of nitrogens with two attached hydrogens (primary N) is 1. The van der Waals surface area contributed by atoms with E-state index in [2.05, 4.69) is 4.72 Å². The molecular weight excluding hydrogens is 252 g/mol. The molecule has 1 aromatic rings. The van der Waals surface area contributed by atoms with E-state index in [9.17, 15) is 8.42 Å². The van der Waals surface area contributed by atoms with Gasteiger partial charge in [0.15, 0.2) is 0 Å². The lowest BCUT2D eigenvalue weighted by Gasteiger charge is -2.17. The molecule has 1 heterocycles. The summed E-state index contributed by atoms with van der Waals surface area (Å²) in [5.74, 6) is 0. The van der Waals surface area contributed by atoms with Gasteiger partial charge in [-0.1, -0.05) is 6.07 Å². The highest BCUT2D eigenvalue weighted by atomic mass is 32.2. The number of hydrogen-bond donors (Lipinski definition) is 2. The Morgan fingerprint density at radius 2 is 2.00 bits per heavy atom. The van der Waals surface area contributed by atoms with E-state index in [1.165, 1.54) is 10.4 Å². The first-order valence-corrected chi connectivity index (χ1v) is 7.05. The van der Waals surface area contributed by atoms with E-state index in [4.69, 9.17) is 11.0 Å². The Morgan fingerprint density at radius 3 is 2.61 bits per heavy atom. The van der Waals surface area contributed by atoms with E-state index >= 15 is 0 Å². The Labute approximate surface area is 106 Å². The standard InChI is InChI=1S/C11H14N4O2S/c12-8-9-10(13)4-3-5-11(9)14-18(16,17)15-6-1-2-7-15/h3-5,14H,1-2,6-7,13H2. The van der Waals surface area contributed by atoms with Crippen molar-refractivity contribution >= 4 is 21.6 Å². The van der Waals surface area contributed by atoms with Crippen molar-refractivity contribution in [2.24, 2.45) is 0 Å². The van der Waals surface area contributed by atoms with Crippen LogP contribution in [-0.2, 0) is 10.2 Å². The minimum Gasteiger partial charge on any atom is -0.398 e. The summed E-state index contributed by atoms with van der Waals surface area (Å²) in [4.78, 5) is 0. The fourth-order valence-corrected chi connectivity index (χ4v) is 3.23. The Balaban J connectivity index is 2.29. The average Bonchev–Trinajstić information content (AvgIpc) is 2.83. The molecule has 1 aromatic carbocycles. The van der Waals surface area contributed by atoms with E-state index in [1.54, 1.807) is 12.1 Å². The van der Waals surface area contributed by atoms with Crippen molar-refractivity contribution in [1.29, 1.82) is 5.26 Å². The first kappa shape index (κ1) is 12.7. The smallest absolute Gasteiger partial charge is 0.301 e. The number of nitrogen functional groups attached to an aromatic ring is 1. The second-order valence-electron chi connectivity index (χ2n) is 4.09. The van der Waals surface area contributed by atoms with Gasteiger partial charge in [0, 0.05) is 13.1 Å². The molecule has 7 heteroatoms. The van der Waals surface area contributed by atoms with Crippen molar-refractivity contribution in [3.8, 4) is 6.07 Å². The summed E-state index contributed by atoms with van der Waals surface area (Å²) in [5, 5.41) is 8.98. The van der Waals surface area contributed by atoms with Crippen molar-refractivity contribution in [1.82, 2.24) is 4.31 Å². The van der Waals surface area contributed by atoms with Crippen LogP contribution in [0.5, 0.6) is 0 Å². The van der Waals surface area contributed by atoms with Gasteiger partial charge in [-0.2, -0.15) is 18.0 Å². The summed E-state index contributed by atoms with van der Waals surface area (Å²) >= 11 is 0. The molecule has 1 fully saturated rings. The van der Waals surface area contributed by atoms with Crippen molar-refractivity contribution in [3.05, 3.63) is 23.8 Å². The fourth-order valence-electron chi connectivity index (χ4n) is 1.91. The molecule has 18 heavy (non-hydrogen) atoms. The Bertz CT molecular complexity index is 586. The number of nitriles is 1. The molecule has 1 saturated heterocycles. The van der Waals surface area contributed by atoms with Gasteiger partial charge in [-0.25, -0.2) is 0 Å². The summed E-state index contributed by atoms with van der Waals surface area (Å²) in [6.07, 6.45) is 1.73. The van der Waals surface area contributed by atoms with Crippen LogP contribution in [0, 0.1) is 11.3 Å². The Morgan fingerprint density at radius 1 is 1.33 bits per heavy atom. The lowest BCUT2D eigenvalue weighted by molar-refractivity contribution is 0.482. The molecule has 0 bridgehead atoms. The van der Waals surface area contributed by atoms with Gasteiger partial charge in [-0.15, -0.1) is 0 Å². The monoisotopic (exact) mass is 266 g/mol. The van der Waals surface area contributed by atoms with Crippen LogP contribution in [0.15, 0.2) is 18.2 Å². The molecule has 0 aromatic heterocycles. The normalized spacial score (nSPS) is 16.4.